The van der Waals surface area contributed by atoms with E-state index in [2.05, 4.69) is 52.4 Å². The molecule has 0 bridgehead atoms. The van der Waals surface area contributed by atoms with Gasteiger partial charge in [0.2, 0.25) is 0 Å². The molecule has 1 aromatic heterocycles. The van der Waals surface area contributed by atoms with Crippen molar-refractivity contribution >= 4 is 5.82 Å². The highest BCUT2D eigenvalue weighted by Crippen LogP contribution is 2.48. The van der Waals surface area contributed by atoms with Gasteiger partial charge >= 0.3 is 0 Å². The fourth-order valence-corrected chi connectivity index (χ4v) is 3.02. The van der Waals surface area contributed by atoms with E-state index in [-0.39, 0.29) is 5.92 Å². The molecule has 3 heteroatoms. The van der Waals surface area contributed by atoms with E-state index in [4.69, 9.17) is 5.73 Å². The van der Waals surface area contributed by atoms with E-state index in [1.54, 1.807) is 0 Å². The largest absolute Gasteiger partial charge is 0.383 e. The number of anilines is 1. The molecular formula is C17H13N3. The van der Waals surface area contributed by atoms with Gasteiger partial charge in [-0.3, -0.25) is 0 Å². The fourth-order valence-electron chi connectivity index (χ4n) is 3.02. The van der Waals surface area contributed by atoms with Crippen LogP contribution >= 0.6 is 0 Å². The van der Waals surface area contributed by atoms with Crippen LogP contribution in [0.15, 0.2) is 60.9 Å². The average molecular weight is 259 g/mol. The van der Waals surface area contributed by atoms with Crippen molar-refractivity contribution in [3.63, 3.8) is 0 Å². The first-order chi connectivity index (χ1) is 9.86. The first-order valence-corrected chi connectivity index (χ1v) is 6.61. The summed E-state index contributed by atoms with van der Waals surface area (Å²) in [7, 11) is 0. The van der Waals surface area contributed by atoms with Crippen LogP contribution in [0.1, 0.15) is 22.6 Å². The Morgan fingerprint density at radius 3 is 2.45 bits per heavy atom. The van der Waals surface area contributed by atoms with Gasteiger partial charge in [-0.2, -0.15) is 0 Å². The third kappa shape index (κ3) is 1.46. The predicted molar refractivity (Wildman–Crippen MR) is 79.3 cm³/mol. The second kappa shape index (κ2) is 4.17. The highest BCUT2D eigenvalue weighted by molar-refractivity contribution is 5.81. The number of nitrogens with two attached hydrogens (primary N) is 1. The lowest BCUT2D eigenvalue weighted by atomic mass is 9.90. The first-order valence-electron chi connectivity index (χ1n) is 6.61. The normalized spacial score (nSPS) is 15.7. The summed E-state index contributed by atoms with van der Waals surface area (Å²) in [4.78, 5) is 8.62. The number of nitrogen functional groups attached to an aromatic ring is 1. The molecule has 2 N–H and O–H groups in total. The minimum atomic E-state index is 0.128. The van der Waals surface area contributed by atoms with E-state index in [1.807, 2.05) is 12.1 Å². The van der Waals surface area contributed by atoms with Crippen molar-refractivity contribution in [1.82, 2.24) is 9.97 Å². The summed E-state index contributed by atoms with van der Waals surface area (Å²) in [6, 6.07) is 18.7. The quantitative estimate of drug-likeness (QED) is 0.571. The lowest BCUT2D eigenvalue weighted by Crippen LogP contribution is -2.04. The molecule has 1 heterocycles. The highest BCUT2D eigenvalue weighted by atomic mass is 14.9. The fraction of sp³-hybridized carbons (Fsp3) is 0.0588. The van der Waals surface area contributed by atoms with Gasteiger partial charge < -0.3 is 5.73 Å². The summed E-state index contributed by atoms with van der Waals surface area (Å²) in [5, 5.41) is 0. The van der Waals surface area contributed by atoms with Gasteiger partial charge in [0, 0.05) is 17.0 Å². The molecule has 0 aliphatic heterocycles. The number of hydrogen-bond acceptors (Lipinski definition) is 3. The lowest BCUT2D eigenvalue weighted by molar-refractivity contribution is 0.993. The van der Waals surface area contributed by atoms with Crippen LogP contribution in [-0.4, -0.2) is 9.97 Å². The molecule has 0 fully saturated rings. The van der Waals surface area contributed by atoms with Gasteiger partial charge in [-0.25, -0.2) is 9.97 Å². The minimum absolute atomic E-state index is 0.128. The Kier molecular flexibility index (Phi) is 2.33. The van der Waals surface area contributed by atoms with Crippen LogP contribution in [0, 0.1) is 0 Å². The summed E-state index contributed by atoms with van der Waals surface area (Å²) in [6.45, 7) is 0. The summed E-state index contributed by atoms with van der Waals surface area (Å²) < 4.78 is 0. The summed E-state index contributed by atoms with van der Waals surface area (Å²) >= 11 is 0. The molecule has 3 aromatic rings. The third-order valence-corrected chi connectivity index (χ3v) is 3.86. The van der Waals surface area contributed by atoms with Crippen LogP contribution in [0.2, 0.25) is 0 Å². The molecule has 20 heavy (non-hydrogen) atoms. The van der Waals surface area contributed by atoms with E-state index in [0.717, 1.165) is 16.8 Å². The molecule has 1 aliphatic rings. The Morgan fingerprint density at radius 1 is 0.850 bits per heavy atom. The smallest absolute Gasteiger partial charge is 0.131 e. The van der Waals surface area contributed by atoms with Crippen molar-refractivity contribution < 1.29 is 0 Å². The van der Waals surface area contributed by atoms with E-state index in [9.17, 15) is 0 Å². The van der Waals surface area contributed by atoms with Gasteiger partial charge in [-0.15, -0.1) is 0 Å². The standard InChI is InChI=1S/C17H13N3/c18-17-15-14(11-6-2-1-3-7-11)12-8-4-5-9-13(12)16(15)19-10-20-17/h1-10,14H,(H2,18,19,20). The zero-order valence-electron chi connectivity index (χ0n) is 10.8. The van der Waals surface area contributed by atoms with Gasteiger partial charge in [-0.05, 0) is 11.1 Å². The third-order valence-electron chi connectivity index (χ3n) is 3.86. The molecule has 4 rings (SSSR count). The van der Waals surface area contributed by atoms with Crippen LogP contribution in [0.4, 0.5) is 5.82 Å². The summed E-state index contributed by atoms with van der Waals surface area (Å²) in [5.41, 5.74) is 11.7. The molecular weight excluding hydrogens is 246 g/mol. The zero-order valence-corrected chi connectivity index (χ0v) is 10.8. The second-order valence-electron chi connectivity index (χ2n) is 4.95. The molecule has 96 valence electrons. The summed E-state index contributed by atoms with van der Waals surface area (Å²) in [5.74, 6) is 0.698. The van der Waals surface area contributed by atoms with E-state index in [1.165, 1.54) is 17.5 Å². The minimum Gasteiger partial charge on any atom is -0.383 e. The molecule has 1 unspecified atom stereocenters. The number of fused-ring (bicyclic) bond motifs is 3. The van der Waals surface area contributed by atoms with Crippen molar-refractivity contribution in [3.8, 4) is 11.3 Å². The van der Waals surface area contributed by atoms with Gasteiger partial charge in [0.15, 0.2) is 0 Å². The number of hydrogen-bond donors (Lipinski definition) is 1. The molecule has 3 nitrogen and oxygen atoms in total. The van der Waals surface area contributed by atoms with Crippen LogP contribution in [0.25, 0.3) is 11.3 Å². The first kappa shape index (κ1) is 11.2. The molecule has 0 saturated carbocycles. The predicted octanol–water partition coefficient (Wildman–Crippen LogP) is 3.22. The van der Waals surface area contributed by atoms with Crippen LogP contribution in [-0.2, 0) is 0 Å². The maximum absolute atomic E-state index is 6.13. The van der Waals surface area contributed by atoms with Crippen LogP contribution in [0.3, 0.4) is 0 Å². The maximum Gasteiger partial charge on any atom is 0.131 e. The molecule has 0 amide bonds. The van der Waals surface area contributed by atoms with Crippen LogP contribution < -0.4 is 5.73 Å². The number of nitrogens with zero attached hydrogens (tertiary/aromatic N) is 2. The Labute approximate surface area is 117 Å². The Morgan fingerprint density at radius 2 is 1.60 bits per heavy atom. The van der Waals surface area contributed by atoms with Crippen molar-refractivity contribution in [2.45, 2.75) is 5.92 Å². The molecule has 0 saturated heterocycles. The Balaban J connectivity index is 2.05. The highest BCUT2D eigenvalue weighted by Gasteiger charge is 2.32. The topological polar surface area (TPSA) is 51.8 Å². The SMILES string of the molecule is Nc1ncnc2c1C(c1ccccc1)c1ccccc1-2. The van der Waals surface area contributed by atoms with Crippen molar-refractivity contribution in [1.29, 1.82) is 0 Å². The monoisotopic (exact) mass is 259 g/mol. The van der Waals surface area contributed by atoms with E-state index >= 15 is 0 Å². The van der Waals surface area contributed by atoms with Gasteiger partial charge in [0.1, 0.15) is 12.1 Å². The molecule has 2 aromatic carbocycles. The molecule has 0 spiro atoms. The maximum atomic E-state index is 6.13. The van der Waals surface area contributed by atoms with Crippen molar-refractivity contribution in [2.75, 3.05) is 5.73 Å². The zero-order chi connectivity index (χ0) is 13.5. The number of aromatic nitrogens is 2. The van der Waals surface area contributed by atoms with E-state index < -0.39 is 0 Å². The number of rotatable bonds is 1. The molecule has 0 radical (unpaired) electrons. The average Bonchev–Trinajstić information content (AvgIpc) is 2.84. The number of benzene rings is 2. The van der Waals surface area contributed by atoms with Gasteiger partial charge in [0.05, 0.1) is 5.69 Å². The Hall–Kier alpha value is -2.68. The van der Waals surface area contributed by atoms with Gasteiger partial charge in [-0.1, -0.05) is 54.6 Å². The van der Waals surface area contributed by atoms with Gasteiger partial charge in [0.25, 0.3) is 0 Å². The lowest BCUT2D eigenvalue weighted by Gasteiger charge is -2.14. The molecule has 1 atom stereocenters. The van der Waals surface area contributed by atoms with Crippen LogP contribution in [0.5, 0.6) is 0 Å². The van der Waals surface area contributed by atoms with Crippen molar-refractivity contribution in [2.24, 2.45) is 0 Å². The molecule has 1 aliphatic carbocycles. The second-order valence-corrected chi connectivity index (χ2v) is 4.95. The van der Waals surface area contributed by atoms with Crippen molar-refractivity contribution in [3.05, 3.63) is 77.6 Å². The summed E-state index contributed by atoms with van der Waals surface area (Å²) in [6.07, 6.45) is 1.54. The van der Waals surface area contributed by atoms with E-state index in [0.29, 0.717) is 5.82 Å². The Bertz CT molecular complexity index is 781.